The number of rotatable bonds is 3. The van der Waals surface area contributed by atoms with Gasteiger partial charge in [-0.3, -0.25) is 10.1 Å². The van der Waals surface area contributed by atoms with Crippen molar-refractivity contribution in [3.63, 3.8) is 0 Å². The molecule has 83 valence electrons. The smallest absolute Gasteiger partial charge is 0.474 e. The lowest BCUT2D eigenvalue weighted by Gasteiger charge is -1.96. The lowest BCUT2D eigenvalue weighted by molar-refractivity contribution is -0.384. The Morgan fingerprint density at radius 1 is 1.71 bits per heavy atom. The molecular weight excluding hydrogens is 224 g/mol. The maximum Gasteiger partial charge on any atom is 0.474 e. The van der Waals surface area contributed by atoms with Crippen molar-refractivity contribution in [1.29, 1.82) is 0 Å². The van der Waals surface area contributed by atoms with Crippen LogP contribution < -0.4 is 0 Å². The van der Waals surface area contributed by atoms with Gasteiger partial charge in [0.2, 0.25) is 5.82 Å². The van der Waals surface area contributed by atoms with Gasteiger partial charge in [-0.2, -0.15) is 4.99 Å². The van der Waals surface area contributed by atoms with E-state index in [1.807, 2.05) is 0 Å². The number of aromatic nitrogens is 1. The minimum atomic E-state index is -0.503. The zero-order valence-corrected chi connectivity index (χ0v) is 8.86. The zero-order valence-electron chi connectivity index (χ0n) is 8.86. The lowest BCUT2D eigenvalue weighted by Crippen LogP contribution is -2.04. The van der Waals surface area contributed by atoms with E-state index in [9.17, 15) is 10.1 Å². The van der Waals surface area contributed by atoms with Gasteiger partial charge < -0.3 is 9.31 Å². The third-order valence-electron chi connectivity index (χ3n) is 2.42. The standard InChI is InChI=1S/C8H6B2N3O4/c1-4-2-5(13(14)15)6(11-3-4)12-8-10(17-8)7-9-16-7/h2-3,7H,1H3. The molecule has 2 aliphatic heterocycles. The molecule has 0 saturated carbocycles. The Labute approximate surface area is 97.4 Å². The quantitative estimate of drug-likeness (QED) is 0.324. The van der Waals surface area contributed by atoms with Crippen molar-refractivity contribution in [1.82, 2.24) is 4.98 Å². The Hall–Kier alpha value is -1.89. The molecule has 1 aromatic rings. The second-order valence-electron chi connectivity index (χ2n) is 3.84. The molecule has 7 nitrogen and oxygen atoms in total. The average Bonchev–Trinajstić information content (AvgIpc) is 3.11. The molecule has 0 N–H and O–H groups in total. The minimum Gasteiger partial charge on any atom is -0.544 e. The first kappa shape index (κ1) is 10.3. The van der Waals surface area contributed by atoms with Crippen molar-refractivity contribution in [2.45, 2.75) is 12.8 Å². The van der Waals surface area contributed by atoms with Crippen molar-refractivity contribution >= 4 is 31.7 Å². The number of aryl methyl sites for hydroxylation is 1. The minimum absolute atomic E-state index is 0.0572. The molecule has 1 radical (unpaired) electrons. The first-order valence-electron chi connectivity index (χ1n) is 5.00. The van der Waals surface area contributed by atoms with Crippen LogP contribution in [0.3, 0.4) is 0 Å². The third-order valence-corrected chi connectivity index (χ3v) is 2.42. The van der Waals surface area contributed by atoms with Gasteiger partial charge in [0.25, 0.3) is 0 Å². The normalized spacial score (nSPS) is 23.0. The first-order valence-corrected chi connectivity index (χ1v) is 5.00. The van der Waals surface area contributed by atoms with E-state index in [0.717, 1.165) is 0 Å². The van der Waals surface area contributed by atoms with Gasteiger partial charge in [-0.1, -0.05) is 0 Å². The number of nitro groups is 1. The second-order valence-corrected chi connectivity index (χ2v) is 3.84. The monoisotopic (exact) mass is 230 g/mol. The molecular formula is C8H6B2N3O4. The molecule has 3 heterocycles. The van der Waals surface area contributed by atoms with Crippen LogP contribution in [0.5, 0.6) is 0 Å². The van der Waals surface area contributed by atoms with Gasteiger partial charge in [0.15, 0.2) is 5.80 Å². The van der Waals surface area contributed by atoms with E-state index in [4.69, 9.17) is 9.31 Å². The average molecular weight is 230 g/mol. The van der Waals surface area contributed by atoms with Crippen LogP contribution in [0.4, 0.5) is 11.5 Å². The Morgan fingerprint density at radius 2 is 2.47 bits per heavy atom. The highest BCUT2D eigenvalue weighted by Crippen LogP contribution is 2.30. The fourth-order valence-corrected chi connectivity index (χ4v) is 1.45. The fraction of sp³-hybridized carbons (Fsp3) is 0.250. The molecule has 1 aromatic heterocycles. The number of pyridine rings is 1. The maximum absolute atomic E-state index is 10.8. The largest absolute Gasteiger partial charge is 0.544 e. The molecule has 2 aliphatic rings. The van der Waals surface area contributed by atoms with Crippen molar-refractivity contribution < 1.29 is 14.2 Å². The number of nitrogens with zero attached hydrogens (tertiary/aromatic N) is 3. The summed E-state index contributed by atoms with van der Waals surface area (Å²) in [5, 5.41) is 10.8. The van der Waals surface area contributed by atoms with E-state index >= 15 is 0 Å². The van der Waals surface area contributed by atoms with Crippen LogP contribution in [0, 0.1) is 17.0 Å². The first-order chi connectivity index (χ1) is 8.15. The van der Waals surface area contributed by atoms with E-state index in [-0.39, 0.29) is 24.3 Å². The predicted octanol–water partition coefficient (Wildman–Crippen LogP) is 0.404. The summed E-state index contributed by atoms with van der Waals surface area (Å²) in [5.41, 5.74) is 0.597. The van der Waals surface area contributed by atoms with E-state index in [1.54, 1.807) is 14.4 Å². The van der Waals surface area contributed by atoms with Crippen molar-refractivity contribution in [2.75, 3.05) is 0 Å². The van der Waals surface area contributed by atoms with Gasteiger partial charge in [-0.05, 0) is 12.5 Å². The molecule has 2 saturated heterocycles. The van der Waals surface area contributed by atoms with Crippen LogP contribution >= 0.6 is 0 Å². The molecule has 3 rings (SSSR count). The van der Waals surface area contributed by atoms with Gasteiger partial charge in [-0.15, -0.1) is 0 Å². The molecule has 9 heteroatoms. The van der Waals surface area contributed by atoms with E-state index in [2.05, 4.69) is 9.98 Å². The van der Waals surface area contributed by atoms with E-state index in [0.29, 0.717) is 11.4 Å². The Kier molecular flexibility index (Phi) is 2.15. The third kappa shape index (κ3) is 2.01. The van der Waals surface area contributed by atoms with Crippen LogP contribution in [-0.2, 0) is 9.31 Å². The van der Waals surface area contributed by atoms with Crippen molar-refractivity contribution in [2.24, 2.45) is 4.99 Å². The summed E-state index contributed by atoms with van der Waals surface area (Å²) in [6.45, 7) is 1.54. The highest BCUT2D eigenvalue weighted by molar-refractivity contribution is 7.04. The molecule has 1 unspecified atom stereocenters. The topological polar surface area (TPSA) is 93.5 Å². The second kappa shape index (κ2) is 3.56. The summed E-state index contributed by atoms with van der Waals surface area (Å²) in [5.74, 6) is 0.445. The molecule has 0 bridgehead atoms. The Bertz CT molecular complexity index is 532. The Balaban J connectivity index is 1.90. The molecule has 0 spiro atoms. The molecule has 17 heavy (non-hydrogen) atoms. The van der Waals surface area contributed by atoms with Gasteiger partial charge in [0, 0.05) is 12.3 Å². The summed E-state index contributed by atoms with van der Waals surface area (Å²) in [4.78, 5) is 18.3. The lowest BCUT2D eigenvalue weighted by atomic mass is 9.65. The molecule has 1 atom stereocenters. The van der Waals surface area contributed by atoms with Gasteiger partial charge in [-0.25, -0.2) is 4.98 Å². The van der Waals surface area contributed by atoms with Crippen LogP contribution in [0.2, 0.25) is 0 Å². The summed E-state index contributed by atoms with van der Waals surface area (Å²) < 4.78 is 10.1. The van der Waals surface area contributed by atoms with Crippen LogP contribution in [0.15, 0.2) is 17.3 Å². The summed E-state index contributed by atoms with van der Waals surface area (Å²) >= 11 is 0. The number of aliphatic imine (C=N–C) groups is 1. The van der Waals surface area contributed by atoms with Gasteiger partial charge in [0.05, 0.1) is 10.8 Å². The molecule has 0 aliphatic carbocycles. The predicted molar refractivity (Wildman–Crippen MR) is 60.2 cm³/mol. The molecule has 2 fully saturated rings. The van der Waals surface area contributed by atoms with Gasteiger partial charge in [0.1, 0.15) is 0 Å². The van der Waals surface area contributed by atoms with Crippen LogP contribution in [-0.4, -0.2) is 36.0 Å². The van der Waals surface area contributed by atoms with E-state index in [1.165, 1.54) is 12.3 Å². The fourth-order valence-electron chi connectivity index (χ4n) is 1.45. The molecule has 0 amide bonds. The van der Waals surface area contributed by atoms with E-state index < -0.39 is 4.92 Å². The number of hydrogen-bond acceptors (Lipinski definition) is 6. The maximum atomic E-state index is 10.8. The van der Waals surface area contributed by atoms with Gasteiger partial charge >= 0.3 is 20.1 Å². The highest BCUT2D eigenvalue weighted by Gasteiger charge is 2.57. The summed E-state index contributed by atoms with van der Waals surface area (Å²) in [7, 11) is 1.63. The Morgan fingerprint density at radius 3 is 3.12 bits per heavy atom. The number of hydrogen-bond donors (Lipinski definition) is 0. The van der Waals surface area contributed by atoms with Crippen molar-refractivity contribution in [3.05, 3.63) is 27.9 Å². The summed E-state index contributed by atoms with van der Waals surface area (Å²) in [6, 6.07) is 1.43. The highest BCUT2D eigenvalue weighted by atomic mass is 16.6. The zero-order chi connectivity index (χ0) is 12.0. The van der Waals surface area contributed by atoms with Crippen LogP contribution in [0.1, 0.15) is 5.56 Å². The van der Waals surface area contributed by atoms with Crippen LogP contribution in [0.25, 0.3) is 0 Å². The molecule has 0 aromatic carbocycles. The SMILES string of the molecule is Cc1cnc(N=C2OB2C2[B]O2)c([N+](=O)[O-])c1. The van der Waals surface area contributed by atoms with Crippen molar-refractivity contribution in [3.8, 4) is 0 Å². The summed E-state index contributed by atoms with van der Waals surface area (Å²) in [6.07, 6.45) is 1.53.